The number of nitrogens with zero attached hydrogens (tertiary/aromatic N) is 2. The predicted molar refractivity (Wildman–Crippen MR) is 115 cm³/mol. The van der Waals surface area contributed by atoms with Crippen LogP contribution in [-0.2, 0) is 9.59 Å². The highest BCUT2D eigenvalue weighted by Crippen LogP contribution is 2.33. The Morgan fingerprint density at radius 1 is 1.21 bits per heavy atom. The van der Waals surface area contributed by atoms with E-state index in [1.54, 1.807) is 4.90 Å². The highest BCUT2D eigenvalue weighted by molar-refractivity contribution is 5.97. The minimum Gasteiger partial charge on any atom is -0.487 e. The third-order valence-electron chi connectivity index (χ3n) is 5.96. The Balaban J connectivity index is 1.38. The first-order valence-corrected chi connectivity index (χ1v) is 11.1. The van der Waals surface area contributed by atoms with Crippen molar-refractivity contribution in [1.29, 1.82) is 0 Å². The molecule has 1 N–H and O–H groups in total. The van der Waals surface area contributed by atoms with Crippen molar-refractivity contribution in [3.63, 3.8) is 0 Å². The summed E-state index contributed by atoms with van der Waals surface area (Å²) in [7, 11) is 0. The van der Waals surface area contributed by atoms with Crippen LogP contribution in [-0.4, -0.2) is 55.0 Å². The van der Waals surface area contributed by atoms with Gasteiger partial charge in [-0.3, -0.25) is 9.59 Å². The molecule has 0 spiro atoms. The van der Waals surface area contributed by atoms with Crippen LogP contribution in [0.4, 0.5) is 5.69 Å². The largest absolute Gasteiger partial charge is 0.487 e. The third-order valence-corrected chi connectivity index (χ3v) is 5.96. The van der Waals surface area contributed by atoms with E-state index >= 15 is 0 Å². The predicted octanol–water partition coefficient (Wildman–Crippen LogP) is 3.35. The number of hydrogen-bond donors (Lipinski definition) is 1. The maximum absolute atomic E-state index is 12.7. The first-order chi connectivity index (χ1) is 14.1. The molecule has 0 unspecified atom stereocenters. The second-order valence-corrected chi connectivity index (χ2v) is 8.20. The number of carbonyl (C=O) groups is 2. The molecule has 0 aromatic heterocycles. The minimum absolute atomic E-state index is 0.0261. The molecule has 0 saturated carbocycles. The van der Waals surface area contributed by atoms with E-state index in [4.69, 9.17) is 4.74 Å². The van der Waals surface area contributed by atoms with E-state index in [0.717, 1.165) is 24.4 Å². The zero-order valence-electron chi connectivity index (χ0n) is 17.9. The van der Waals surface area contributed by atoms with Crippen LogP contribution in [0.5, 0.6) is 5.75 Å². The average Bonchev–Trinajstić information content (AvgIpc) is 2.74. The lowest BCUT2D eigenvalue weighted by Gasteiger charge is -2.35. The van der Waals surface area contributed by atoms with E-state index in [2.05, 4.69) is 17.1 Å². The van der Waals surface area contributed by atoms with Crippen LogP contribution >= 0.6 is 0 Å². The number of fused-ring (bicyclic) bond motifs is 1. The second-order valence-electron chi connectivity index (χ2n) is 8.20. The molecule has 2 amide bonds. The first kappa shape index (κ1) is 21.6. The average molecular weight is 402 g/mol. The summed E-state index contributed by atoms with van der Waals surface area (Å²) in [5, 5.41) is 2.98. The van der Waals surface area contributed by atoms with Crippen molar-refractivity contribution in [2.75, 3.05) is 31.1 Å². The van der Waals surface area contributed by atoms with Crippen molar-refractivity contribution < 1.29 is 14.3 Å². The number of likely N-dealkylation sites (tertiary alicyclic amines) is 1. The summed E-state index contributed by atoms with van der Waals surface area (Å²) in [5.74, 6) is 0.660. The maximum atomic E-state index is 12.7. The monoisotopic (exact) mass is 401 g/mol. The Bertz CT molecular complexity index is 694. The second kappa shape index (κ2) is 10.6. The Hall–Kier alpha value is -2.08. The van der Waals surface area contributed by atoms with Crippen LogP contribution in [0.25, 0.3) is 0 Å². The Kier molecular flexibility index (Phi) is 7.92. The summed E-state index contributed by atoms with van der Waals surface area (Å²) in [5.41, 5.74) is 0.794. The number of nitrogens with one attached hydrogen (secondary N) is 1. The molecule has 2 atom stereocenters. The van der Waals surface area contributed by atoms with Crippen molar-refractivity contribution in [3.8, 4) is 5.75 Å². The van der Waals surface area contributed by atoms with E-state index in [-0.39, 0.29) is 30.8 Å². The molecule has 3 rings (SSSR count). The molecule has 1 aromatic carbocycles. The fraction of sp³-hybridized carbons (Fsp3) is 0.652. The molecule has 0 radical (unpaired) electrons. The van der Waals surface area contributed by atoms with Crippen LogP contribution in [0.3, 0.4) is 0 Å². The van der Waals surface area contributed by atoms with Gasteiger partial charge in [0, 0.05) is 32.0 Å². The number of piperidine rings is 1. The summed E-state index contributed by atoms with van der Waals surface area (Å²) >= 11 is 0. The fourth-order valence-electron chi connectivity index (χ4n) is 4.40. The standard InChI is InChI=1S/C23H35N3O3/c1-3-19-9-6-7-15-25(19)16-8-14-24-22(27)12-13-23(28)26-17-18(2)29-21-11-5-4-10-20(21)26/h4-5,10-11,18-19H,3,6-9,12-17H2,1-2H3,(H,24,27)/t18-,19-/m0/s1. The number of para-hydroxylation sites is 2. The topological polar surface area (TPSA) is 61.9 Å². The summed E-state index contributed by atoms with van der Waals surface area (Å²) in [4.78, 5) is 29.2. The van der Waals surface area contributed by atoms with Crippen LogP contribution < -0.4 is 15.0 Å². The highest BCUT2D eigenvalue weighted by Gasteiger charge is 2.27. The number of amides is 2. The molecule has 6 nitrogen and oxygen atoms in total. The molecule has 2 aliphatic rings. The third kappa shape index (κ3) is 5.95. The Morgan fingerprint density at radius 3 is 2.86 bits per heavy atom. The zero-order chi connectivity index (χ0) is 20.6. The van der Waals surface area contributed by atoms with Gasteiger partial charge in [-0.2, -0.15) is 0 Å². The molecule has 0 aliphatic carbocycles. The lowest BCUT2D eigenvalue weighted by atomic mass is 10.00. The summed E-state index contributed by atoms with van der Waals surface area (Å²) in [6.07, 6.45) is 6.49. The number of hydrogen-bond acceptors (Lipinski definition) is 4. The van der Waals surface area contributed by atoms with E-state index < -0.39 is 0 Å². The van der Waals surface area contributed by atoms with E-state index in [0.29, 0.717) is 19.1 Å². The summed E-state index contributed by atoms with van der Waals surface area (Å²) in [6.45, 7) is 7.63. The molecule has 1 aromatic rings. The number of ether oxygens (including phenoxy) is 1. The first-order valence-electron chi connectivity index (χ1n) is 11.1. The number of rotatable bonds is 8. The smallest absolute Gasteiger partial charge is 0.227 e. The normalized spacial score (nSPS) is 21.9. The van der Waals surface area contributed by atoms with Crippen molar-refractivity contribution in [3.05, 3.63) is 24.3 Å². The molecule has 2 aliphatic heterocycles. The van der Waals surface area contributed by atoms with Crippen molar-refractivity contribution in [1.82, 2.24) is 10.2 Å². The molecule has 160 valence electrons. The van der Waals surface area contributed by atoms with E-state index in [9.17, 15) is 9.59 Å². The SMILES string of the molecule is CC[C@H]1CCCCN1CCCNC(=O)CCC(=O)N1C[C@H](C)Oc2ccccc21. The van der Waals surface area contributed by atoms with Gasteiger partial charge < -0.3 is 19.9 Å². The molecular weight excluding hydrogens is 366 g/mol. The Labute approximate surface area is 174 Å². The van der Waals surface area contributed by atoms with Gasteiger partial charge in [0.2, 0.25) is 11.8 Å². The molecule has 2 heterocycles. The summed E-state index contributed by atoms with van der Waals surface area (Å²) in [6, 6.07) is 8.28. The van der Waals surface area contributed by atoms with Crippen LogP contribution in [0, 0.1) is 0 Å². The van der Waals surface area contributed by atoms with Gasteiger partial charge in [0.25, 0.3) is 0 Å². The van der Waals surface area contributed by atoms with Gasteiger partial charge >= 0.3 is 0 Å². The van der Waals surface area contributed by atoms with Gasteiger partial charge in [0.1, 0.15) is 11.9 Å². The minimum atomic E-state index is -0.0515. The lowest BCUT2D eigenvalue weighted by Crippen LogP contribution is -2.42. The van der Waals surface area contributed by atoms with E-state index in [1.165, 1.54) is 32.2 Å². The van der Waals surface area contributed by atoms with Gasteiger partial charge in [0.15, 0.2) is 0 Å². The molecule has 6 heteroatoms. The molecule has 29 heavy (non-hydrogen) atoms. The van der Waals surface area contributed by atoms with Crippen LogP contribution in [0.2, 0.25) is 0 Å². The zero-order valence-corrected chi connectivity index (χ0v) is 17.9. The lowest BCUT2D eigenvalue weighted by molar-refractivity contribution is -0.125. The molecular formula is C23H35N3O3. The fourth-order valence-corrected chi connectivity index (χ4v) is 4.40. The van der Waals surface area contributed by atoms with Crippen LogP contribution in [0.15, 0.2) is 24.3 Å². The van der Waals surface area contributed by atoms with Gasteiger partial charge in [0.05, 0.1) is 12.2 Å². The van der Waals surface area contributed by atoms with Gasteiger partial charge in [-0.1, -0.05) is 25.5 Å². The summed E-state index contributed by atoms with van der Waals surface area (Å²) < 4.78 is 5.79. The van der Waals surface area contributed by atoms with Gasteiger partial charge in [-0.25, -0.2) is 0 Å². The van der Waals surface area contributed by atoms with Gasteiger partial charge in [-0.05, 0) is 51.3 Å². The number of anilines is 1. The maximum Gasteiger partial charge on any atom is 0.227 e. The number of carbonyl (C=O) groups excluding carboxylic acids is 2. The molecule has 1 fully saturated rings. The van der Waals surface area contributed by atoms with Crippen molar-refractivity contribution >= 4 is 17.5 Å². The van der Waals surface area contributed by atoms with Crippen molar-refractivity contribution in [2.45, 2.75) is 70.9 Å². The molecule has 1 saturated heterocycles. The Morgan fingerprint density at radius 2 is 2.03 bits per heavy atom. The van der Waals surface area contributed by atoms with Crippen LogP contribution in [0.1, 0.15) is 58.8 Å². The van der Waals surface area contributed by atoms with Gasteiger partial charge in [-0.15, -0.1) is 0 Å². The van der Waals surface area contributed by atoms with E-state index in [1.807, 2.05) is 31.2 Å². The number of benzene rings is 1. The highest BCUT2D eigenvalue weighted by atomic mass is 16.5. The van der Waals surface area contributed by atoms with Crippen molar-refractivity contribution in [2.24, 2.45) is 0 Å². The quantitative estimate of drug-likeness (QED) is 0.679. The molecule has 0 bridgehead atoms.